The molecule has 0 unspecified atom stereocenters. The number of nitrogens with one attached hydrogen (secondary N) is 1. The Morgan fingerprint density at radius 1 is 1.21 bits per heavy atom. The molecule has 1 aliphatic carbocycles. The van der Waals surface area contributed by atoms with E-state index in [2.05, 4.69) is 32.7 Å². The third kappa shape index (κ3) is 5.06. The molecule has 1 aromatic rings. The predicted octanol–water partition coefficient (Wildman–Crippen LogP) is 1.51. The smallest absolute Gasteiger partial charge is 0.312 e. The maximum atomic E-state index is 10.7. The van der Waals surface area contributed by atoms with Gasteiger partial charge in [0.1, 0.15) is 5.69 Å². The third-order valence-corrected chi connectivity index (χ3v) is 5.08. The Hall–Kier alpha value is -1.89. The highest BCUT2D eigenvalue weighted by Gasteiger charge is 2.22. The van der Waals surface area contributed by atoms with Gasteiger partial charge in [-0.2, -0.15) is 0 Å². The Balaban J connectivity index is 1.39. The zero-order chi connectivity index (χ0) is 16.8. The van der Waals surface area contributed by atoms with Crippen LogP contribution in [0.5, 0.6) is 0 Å². The van der Waals surface area contributed by atoms with E-state index in [4.69, 9.17) is 5.73 Å². The van der Waals surface area contributed by atoms with Crippen LogP contribution < -0.4 is 11.1 Å². The summed E-state index contributed by atoms with van der Waals surface area (Å²) in [6.07, 6.45) is 12.8. The van der Waals surface area contributed by atoms with Crippen LogP contribution in [0.1, 0.15) is 37.8 Å². The van der Waals surface area contributed by atoms with E-state index in [0.29, 0.717) is 12.5 Å². The summed E-state index contributed by atoms with van der Waals surface area (Å²) in [5, 5.41) is 10.8. The lowest BCUT2D eigenvalue weighted by molar-refractivity contribution is 0.146. The Kier molecular flexibility index (Phi) is 5.85. The Morgan fingerprint density at radius 3 is 2.75 bits per heavy atom. The van der Waals surface area contributed by atoms with Crippen molar-refractivity contribution in [3.63, 3.8) is 0 Å². The van der Waals surface area contributed by atoms with Gasteiger partial charge in [0.2, 0.25) is 0 Å². The van der Waals surface area contributed by atoms with E-state index < -0.39 is 6.03 Å². The molecule has 2 heterocycles. The first-order valence-electron chi connectivity index (χ1n) is 8.98. The van der Waals surface area contributed by atoms with Crippen molar-refractivity contribution in [1.82, 2.24) is 25.2 Å². The highest BCUT2D eigenvalue weighted by molar-refractivity contribution is 5.71. The molecule has 3 N–H and O–H groups in total. The standard InChI is InChI=1S/C17H28N6O/c18-17(24)19-10-16-13-23(21-20-16)12-15-6-8-22(9-7-15)11-14-4-2-1-3-5-14/h1-2,13-15H,3-12H2,(H3,18,19,24)/t14-/m1/s1. The highest BCUT2D eigenvalue weighted by Crippen LogP contribution is 2.23. The van der Waals surface area contributed by atoms with Crippen molar-refractivity contribution in [2.24, 2.45) is 17.6 Å². The Morgan fingerprint density at radius 2 is 2.04 bits per heavy atom. The van der Waals surface area contributed by atoms with Gasteiger partial charge in [0, 0.05) is 13.1 Å². The minimum absolute atomic E-state index is 0.337. The van der Waals surface area contributed by atoms with Gasteiger partial charge >= 0.3 is 6.03 Å². The summed E-state index contributed by atoms with van der Waals surface area (Å²) in [4.78, 5) is 13.3. The third-order valence-electron chi connectivity index (χ3n) is 5.08. The molecule has 24 heavy (non-hydrogen) atoms. The van der Waals surface area contributed by atoms with Crippen LogP contribution in [0.4, 0.5) is 4.79 Å². The molecule has 1 aliphatic heterocycles. The first-order valence-corrected chi connectivity index (χ1v) is 8.98. The number of rotatable bonds is 6. The fourth-order valence-corrected chi connectivity index (χ4v) is 3.69. The quantitative estimate of drug-likeness (QED) is 0.773. The first-order chi connectivity index (χ1) is 11.7. The molecule has 132 valence electrons. The lowest BCUT2D eigenvalue weighted by Gasteiger charge is -2.34. The van der Waals surface area contributed by atoms with Gasteiger partial charge in [-0.25, -0.2) is 4.79 Å². The molecule has 7 nitrogen and oxygen atoms in total. The number of nitrogens with zero attached hydrogens (tertiary/aromatic N) is 4. The van der Waals surface area contributed by atoms with Crippen molar-refractivity contribution in [3.8, 4) is 0 Å². The molecule has 2 aliphatic rings. The van der Waals surface area contributed by atoms with Gasteiger partial charge < -0.3 is 16.0 Å². The molecule has 0 saturated carbocycles. The normalized spacial score (nSPS) is 22.6. The predicted molar refractivity (Wildman–Crippen MR) is 92.1 cm³/mol. The number of likely N-dealkylation sites (tertiary alicyclic amines) is 1. The summed E-state index contributed by atoms with van der Waals surface area (Å²) in [6, 6.07) is -0.537. The second kappa shape index (κ2) is 8.28. The molecule has 2 amide bonds. The lowest BCUT2D eigenvalue weighted by atomic mass is 9.91. The van der Waals surface area contributed by atoms with E-state index in [1.165, 1.54) is 51.7 Å². The van der Waals surface area contributed by atoms with Gasteiger partial charge in [0.05, 0.1) is 12.7 Å². The van der Waals surface area contributed by atoms with Gasteiger partial charge in [-0.1, -0.05) is 17.4 Å². The van der Waals surface area contributed by atoms with Crippen LogP contribution >= 0.6 is 0 Å². The van der Waals surface area contributed by atoms with Crippen molar-refractivity contribution in [2.45, 2.75) is 45.2 Å². The first kappa shape index (κ1) is 17.0. The maximum Gasteiger partial charge on any atom is 0.312 e. The molecular formula is C17H28N6O. The number of urea groups is 1. The summed E-state index contributed by atoms with van der Waals surface area (Å²) in [5.74, 6) is 1.51. The van der Waals surface area contributed by atoms with Crippen LogP contribution in [0.25, 0.3) is 0 Å². The van der Waals surface area contributed by atoms with Crippen LogP contribution in [0.3, 0.4) is 0 Å². The minimum atomic E-state index is -0.537. The van der Waals surface area contributed by atoms with E-state index in [1.807, 2.05) is 10.9 Å². The minimum Gasteiger partial charge on any atom is -0.352 e. The van der Waals surface area contributed by atoms with Crippen molar-refractivity contribution < 1.29 is 4.79 Å². The van der Waals surface area contributed by atoms with E-state index in [0.717, 1.165) is 18.2 Å². The van der Waals surface area contributed by atoms with Gasteiger partial charge in [-0.3, -0.25) is 4.68 Å². The molecular weight excluding hydrogens is 304 g/mol. The second-order valence-corrected chi connectivity index (χ2v) is 7.04. The summed E-state index contributed by atoms with van der Waals surface area (Å²) in [6.45, 7) is 4.88. The SMILES string of the molecule is NC(=O)NCc1cn(CC2CCN(C[C@@H]3CC=CCC3)CC2)nn1. The van der Waals surface area contributed by atoms with Crippen LogP contribution in [0.2, 0.25) is 0 Å². The lowest BCUT2D eigenvalue weighted by Crippen LogP contribution is -2.38. The fraction of sp³-hybridized carbons (Fsp3) is 0.706. The Bertz CT molecular complexity index is 561. The largest absolute Gasteiger partial charge is 0.352 e. The van der Waals surface area contributed by atoms with E-state index >= 15 is 0 Å². The molecule has 1 aromatic heterocycles. The summed E-state index contributed by atoms with van der Waals surface area (Å²) < 4.78 is 1.89. The summed E-state index contributed by atoms with van der Waals surface area (Å²) in [7, 11) is 0. The zero-order valence-electron chi connectivity index (χ0n) is 14.2. The molecule has 1 atom stereocenters. The van der Waals surface area contributed by atoms with Crippen LogP contribution in [-0.2, 0) is 13.1 Å². The van der Waals surface area contributed by atoms with Gasteiger partial charge in [-0.15, -0.1) is 5.10 Å². The summed E-state index contributed by atoms with van der Waals surface area (Å²) in [5.41, 5.74) is 5.81. The average Bonchev–Trinajstić information content (AvgIpc) is 3.03. The van der Waals surface area contributed by atoms with Crippen molar-refractivity contribution in [2.75, 3.05) is 19.6 Å². The fourth-order valence-electron chi connectivity index (χ4n) is 3.69. The number of allylic oxidation sites excluding steroid dienone is 2. The molecule has 1 fully saturated rings. The van der Waals surface area contributed by atoms with E-state index in [9.17, 15) is 4.79 Å². The summed E-state index contributed by atoms with van der Waals surface area (Å²) >= 11 is 0. The second-order valence-electron chi connectivity index (χ2n) is 7.04. The van der Waals surface area contributed by atoms with Crippen LogP contribution in [0, 0.1) is 11.8 Å². The highest BCUT2D eigenvalue weighted by atomic mass is 16.2. The van der Waals surface area contributed by atoms with Gasteiger partial charge in [0.15, 0.2) is 0 Å². The number of nitrogens with two attached hydrogens (primary N) is 1. The number of primary amides is 1. The molecule has 0 radical (unpaired) electrons. The molecule has 1 saturated heterocycles. The maximum absolute atomic E-state index is 10.7. The van der Waals surface area contributed by atoms with Crippen molar-refractivity contribution in [1.29, 1.82) is 0 Å². The number of aromatic nitrogens is 3. The number of hydrogen-bond donors (Lipinski definition) is 2. The number of carbonyl (C=O) groups excluding carboxylic acids is 1. The topological polar surface area (TPSA) is 89.1 Å². The average molecular weight is 332 g/mol. The number of hydrogen-bond acceptors (Lipinski definition) is 4. The van der Waals surface area contributed by atoms with Gasteiger partial charge in [0.25, 0.3) is 0 Å². The van der Waals surface area contributed by atoms with Crippen LogP contribution in [-0.4, -0.2) is 45.6 Å². The van der Waals surface area contributed by atoms with E-state index in [-0.39, 0.29) is 0 Å². The van der Waals surface area contributed by atoms with Gasteiger partial charge in [-0.05, 0) is 57.0 Å². The molecule has 0 spiro atoms. The molecule has 0 aromatic carbocycles. The van der Waals surface area contributed by atoms with E-state index in [1.54, 1.807) is 0 Å². The van der Waals surface area contributed by atoms with Crippen LogP contribution in [0.15, 0.2) is 18.3 Å². The van der Waals surface area contributed by atoms with Crippen molar-refractivity contribution in [3.05, 3.63) is 24.0 Å². The monoisotopic (exact) mass is 332 g/mol. The Labute approximate surface area is 143 Å². The number of amides is 2. The number of carbonyl (C=O) groups is 1. The molecule has 0 bridgehead atoms. The molecule has 3 rings (SSSR count). The van der Waals surface area contributed by atoms with Crippen molar-refractivity contribution >= 4 is 6.03 Å². The number of piperidine rings is 1. The molecule has 7 heteroatoms. The zero-order valence-corrected chi connectivity index (χ0v) is 14.2.